The molecular weight excluding hydrogens is 294 g/mol. The van der Waals surface area contributed by atoms with E-state index in [1.807, 2.05) is 12.1 Å². The zero-order chi connectivity index (χ0) is 16.3. The van der Waals surface area contributed by atoms with Gasteiger partial charge in [0, 0.05) is 38.2 Å². The van der Waals surface area contributed by atoms with E-state index < -0.39 is 0 Å². The molecule has 0 bridgehead atoms. The number of aliphatic hydroxyl groups excluding tert-OH is 1. The molecule has 1 spiro atoms. The van der Waals surface area contributed by atoms with Gasteiger partial charge in [-0.2, -0.15) is 0 Å². The maximum atomic E-state index is 9.93. The minimum absolute atomic E-state index is 0.105. The Kier molecular flexibility index (Phi) is 5.09. The number of rotatable bonds is 4. The number of nitrogens with zero attached hydrogens (tertiary/aromatic N) is 1. The Morgan fingerprint density at radius 1 is 1.26 bits per heavy atom. The zero-order valence-corrected chi connectivity index (χ0v) is 14.1. The second-order valence-electron chi connectivity index (χ2n) is 6.61. The fraction of sp³-hybridized carbons (Fsp3) is 0.667. The molecule has 0 radical (unpaired) electrons. The van der Waals surface area contributed by atoms with Crippen molar-refractivity contribution in [2.24, 2.45) is 0 Å². The van der Waals surface area contributed by atoms with Crippen molar-refractivity contribution in [2.45, 2.75) is 43.9 Å². The highest BCUT2D eigenvalue weighted by Gasteiger charge is 2.39. The van der Waals surface area contributed by atoms with Gasteiger partial charge in [0.25, 0.3) is 0 Å². The number of likely N-dealkylation sites (tertiary alicyclic amines) is 1. The van der Waals surface area contributed by atoms with Crippen LogP contribution in [0.25, 0.3) is 0 Å². The Bertz CT molecular complexity index is 526. The minimum atomic E-state index is -0.200. The van der Waals surface area contributed by atoms with Gasteiger partial charge >= 0.3 is 0 Å². The lowest BCUT2D eigenvalue weighted by Gasteiger charge is -2.45. The molecule has 0 aromatic heterocycles. The molecule has 5 heteroatoms. The second kappa shape index (κ2) is 7.07. The first-order valence-electron chi connectivity index (χ1n) is 8.40. The maximum Gasteiger partial charge on any atom is 0.165 e. The molecule has 0 amide bonds. The summed E-state index contributed by atoms with van der Waals surface area (Å²) in [7, 11) is 3.35. The number of piperidine rings is 1. The van der Waals surface area contributed by atoms with Crippen molar-refractivity contribution < 1.29 is 19.3 Å². The molecule has 3 rings (SSSR count). The first kappa shape index (κ1) is 16.6. The van der Waals surface area contributed by atoms with Gasteiger partial charge in [-0.25, -0.2) is 0 Å². The van der Waals surface area contributed by atoms with Gasteiger partial charge in [0.2, 0.25) is 0 Å². The lowest BCUT2D eigenvalue weighted by Crippen LogP contribution is -2.50. The van der Waals surface area contributed by atoms with E-state index in [9.17, 15) is 5.11 Å². The third-order valence-electron chi connectivity index (χ3n) is 5.11. The van der Waals surface area contributed by atoms with Gasteiger partial charge in [0.15, 0.2) is 11.5 Å². The number of aliphatic hydroxyl groups is 1. The Hall–Kier alpha value is -1.30. The molecule has 2 fully saturated rings. The average Bonchev–Trinajstić information content (AvgIpc) is 2.57. The van der Waals surface area contributed by atoms with Crippen molar-refractivity contribution in [3.63, 3.8) is 0 Å². The largest absolute Gasteiger partial charge is 0.493 e. The van der Waals surface area contributed by atoms with E-state index in [2.05, 4.69) is 11.0 Å². The van der Waals surface area contributed by atoms with Crippen molar-refractivity contribution in [3.8, 4) is 11.5 Å². The third-order valence-corrected chi connectivity index (χ3v) is 5.11. The molecule has 2 saturated heterocycles. The highest BCUT2D eigenvalue weighted by Crippen LogP contribution is 2.37. The molecule has 2 aliphatic rings. The molecule has 5 nitrogen and oxygen atoms in total. The Morgan fingerprint density at radius 2 is 2.04 bits per heavy atom. The molecule has 0 aliphatic carbocycles. The molecule has 1 N–H and O–H groups in total. The van der Waals surface area contributed by atoms with Crippen molar-refractivity contribution in [1.82, 2.24) is 4.90 Å². The van der Waals surface area contributed by atoms with E-state index in [1.165, 1.54) is 0 Å². The van der Waals surface area contributed by atoms with Crippen LogP contribution in [0.5, 0.6) is 11.5 Å². The standard InChI is InChI=1S/C18H27NO4/c1-21-16-5-3-4-14(17(16)22-2)13-19-9-7-18(8-10-19)12-15(20)6-11-23-18/h3-5,15,20H,6-13H2,1-2H3. The Labute approximate surface area is 138 Å². The number of methoxy groups -OCH3 is 2. The van der Waals surface area contributed by atoms with Gasteiger partial charge in [0.05, 0.1) is 25.9 Å². The van der Waals surface area contributed by atoms with Crippen molar-refractivity contribution in [1.29, 1.82) is 0 Å². The lowest BCUT2D eigenvalue weighted by molar-refractivity contribution is -0.143. The predicted molar refractivity (Wildman–Crippen MR) is 88.0 cm³/mol. The van der Waals surface area contributed by atoms with Gasteiger partial charge in [-0.3, -0.25) is 4.90 Å². The van der Waals surface area contributed by atoms with Crippen LogP contribution in [0.2, 0.25) is 0 Å². The fourth-order valence-corrected chi connectivity index (χ4v) is 3.79. The number of ether oxygens (including phenoxy) is 3. The summed E-state index contributed by atoms with van der Waals surface area (Å²) in [5, 5.41) is 9.93. The summed E-state index contributed by atoms with van der Waals surface area (Å²) in [6, 6.07) is 6.01. The topological polar surface area (TPSA) is 51.2 Å². The number of para-hydroxylation sites is 1. The predicted octanol–water partition coefficient (Wildman–Crippen LogP) is 2.21. The highest BCUT2D eigenvalue weighted by molar-refractivity contribution is 5.46. The van der Waals surface area contributed by atoms with Crippen LogP contribution in [-0.2, 0) is 11.3 Å². The molecular formula is C18H27NO4. The molecule has 1 unspecified atom stereocenters. The molecule has 128 valence electrons. The number of hydrogen-bond acceptors (Lipinski definition) is 5. The third kappa shape index (κ3) is 3.62. The summed E-state index contributed by atoms with van der Waals surface area (Å²) in [4.78, 5) is 2.42. The second-order valence-corrected chi connectivity index (χ2v) is 6.61. The monoisotopic (exact) mass is 321 g/mol. The van der Waals surface area contributed by atoms with Gasteiger partial charge in [-0.15, -0.1) is 0 Å². The summed E-state index contributed by atoms with van der Waals surface area (Å²) in [6.07, 6.45) is 3.32. The molecule has 23 heavy (non-hydrogen) atoms. The Balaban J connectivity index is 1.63. The van der Waals surface area contributed by atoms with E-state index in [1.54, 1.807) is 14.2 Å². The summed E-state index contributed by atoms with van der Waals surface area (Å²) < 4.78 is 16.9. The number of benzene rings is 1. The van der Waals surface area contributed by atoms with Crippen LogP contribution < -0.4 is 9.47 Å². The van der Waals surface area contributed by atoms with E-state index in [4.69, 9.17) is 14.2 Å². The zero-order valence-electron chi connectivity index (χ0n) is 14.1. The summed E-state index contributed by atoms with van der Waals surface area (Å²) in [6.45, 7) is 3.49. The quantitative estimate of drug-likeness (QED) is 0.921. The molecule has 0 saturated carbocycles. The van der Waals surface area contributed by atoms with Crippen LogP contribution in [-0.4, -0.2) is 55.6 Å². The number of hydrogen-bond donors (Lipinski definition) is 1. The molecule has 2 heterocycles. The lowest BCUT2D eigenvalue weighted by atomic mass is 9.83. The first-order valence-corrected chi connectivity index (χ1v) is 8.40. The minimum Gasteiger partial charge on any atom is -0.493 e. The van der Waals surface area contributed by atoms with Gasteiger partial charge in [0.1, 0.15) is 0 Å². The first-order chi connectivity index (χ1) is 11.2. The van der Waals surface area contributed by atoms with Crippen LogP contribution in [0.15, 0.2) is 18.2 Å². The maximum absolute atomic E-state index is 9.93. The van der Waals surface area contributed by atoms with Crippen LogP contribution >= 0.6 is 0 Å². The molecule has 1 aromatic rings. The van der Waals surface area contributed by atoms with Gasteiger partial charge in [-0.05, 0) is 25.3 Å². The van der Waals surface area contributed by atoms with Crippen LogP contribution in [0.4, 0.5) is 0 Å². The van der Waals surface area contributed by atoms with Crippen LogP contribution in [0.1, 0.15) is 31.2 Å². The molecule has 2 aliphatic heterocycles. The van der Waals surface area contributed by atoms with Crippen LogP contribution in [0, 0.1) is 0 Å². The van der Waals surface area contributed by atoms with Crippen molar-refractivity contribution >= 4 is 0 Å². The van der Waals surface area contributed by atoms with Crippen molar-refractivity contribution in [3.05, 3.63) is 23.8 Å². The Morgan fingerprint density at radius 3 is 2.70 bits per heavy atom. The van der Waals surface area contributed by atoms with E-state index >= 15 is 0 Å². The van der Waals surface area contributed by atoms with E-state index in [-0.39, 0.29) is 11.7 Å². The fourth-order valence-electron chi connectivity index (χ4n) is 3.79. The smallest absolute Gasteiger partial charge is 0.165 e. The summed E-state index contributed by atoms with van der Waals surface area (Å²) in [5.41, 5.74) is 1.04. The van der Waals surface area contributed by atoms with Gasteiger partial charge in [-0.1, -0.05) is 12.1 Å². The van der Waals surface area contributed by atoms with Crippen LogP contribution in [0.3, 0.4) is 0 Å². The SMILES string of the molecule is COc1cccc(CN2CCC3(CC2)CC(O)CCO3)c1OC. The summed E-state index contributed by atoms with van der Waals surface area (Å²) in [5.74, 6) is 1.59. The van der Waals surface area contributed by atoms with E-state index in [0.29, 0.717) is 6.61 Å². The van der Waals surface area contributed by atoms with Crippen molar-refractivity contribution in [2.75, 3.05) is 33.9 Å². The van der Waals surface area contributed by atoms with Gasteiger partial charge < -0.3 is 19.3 Å². The van der Waals surface area contributed by atoms with E-state index in [0.717, 1.165) is 62.4 Å². The molecule has 1 aromatic carbocycles. The molecule has 1 atom stereocenters. The normalized spacial score (nSPS) is 24.6. The highest BCUT2D eigenvalue weighted by atomic mass is 16.5. The average molecular weight is 321 g/mol. The summed E-state index contributed by atoms with van der Waals surface area (Å²) >= 11 is 0.